The summed E-state index contributed by atoms with van der Waals surface area (Å²) in [5.41, 5.74) is 1.07. The second-order valence-electron chi connectivity index (χ2n) is 3.69. The van der Waals surface area contributed by atoms with E-state index in [9.17, 15) is 4.79 Å². The van der Waals surface area contributed by atoms with E-state index >= 15 is 0 Å². The maximum absolute atomic E-state index is 11.3. The Morgan fingerprint density at radius 2 is 2.06 bits per heavy atom. The molecular formula is C12H14Br2O2. The zero-order valence-electron chi connectivity index (χ0n) is 9.46. The van der Waals surface area contributed by atoms with Crippen molar-refractivity contribution in [1.82, 2.24) is 0 Å². The van der Waals surface area contributed by atoms with Crippen LogP contribution in [-0.2, 0) is 4.79 Å². The first-order valence-corrected chi connectivity index (χ1v) is 6.66. The highest BCUT2D eigenvalue weighted by Gasteiger charge is 2.22. The number of carbonyl (C=O) groups is 1. The normalized spacial score (nSPS) is 14.3. The molecule has 2 unspecified atom stereocenters. The molecule has 4 heteroatoms. The van der Waals surface area contributed by atoms with Crippen LogP contribution in [0.4, 0.5) is 0 Å². The summed E-state index contributed by atoms with van der Waals surface area (Å²) < 4.78 is 6.17. The number of hydrogen-bond donors (Lipinski definition) is 0. The molecule has 0 aliphatic carbocycles. The van der Waals surface area contributed by atoms with Gasteiger partial charge in [0.1, 0.15) is 11.5 Å². The van der Waals surface area contributed by atoms with Crippen LogP contribution in [0.2, 0.25) is 0 Å². The van der Waals surface area contributed by atoms with E-state index in [0.717, 1.165) is 15.8 Å². The van der Waals surface area contributed by atoms with Crippen LogP contribution in [0, 0.1) is 0 Å². The number of benzene rings is 1. The number of carbonyl (C=O) groups excluding carboxylic acids is 1. The summed E-state index contributed by atoms with van der Waals surface area (Å²) in [7, 11) is 1.63. The fourth-order valence-electron chi connectivity index (χ4n) is 1.51. The van der Waals surface area contributed by atoms with Crippen molar-refractivity contribution in [1.29, 1.82) is 0 Å². The van der Waals surface area contributed by atoms with Gasteiger partial charge in [0.15, 0.2) is 0 Å². The third-order valence-corrected chi connectivity index (χ3v) is 4.68. The largest absolute Gasteiger partial charge is 0.497 e. The molecule has 0 saturated carbocycles. The summed E-state index contributed by atoms with van der Waals surface area (Å²) in [6.07, 6.45) is 0. The Morgan fingerprint density at radius 3 is 2.56 bits per heavy atom. The number of halogens is 2. The van der Waals surface area contributed by atoms with Crippen LogP contribution < -0.4 is 4.74 Å². The fraction of sp³-hybridized carbons (Fsp3) is 0.417. The minimum absolute atomic E-state index is 0.0991. The Labute approximate surface area is 113 Å². The van der Waals surface area contributed by atoms with Crippen LogP contribution in [0.15, 0.2) is 22.7 Å². The smallest absolute Gasteiger partial charge is 0.144 e. The topological polar surface area (TPSA) is 26.3 Å². The van der Waals surface area contributed by atoms with E-state index in [1.165, 1.54) is 0 Å². The van der Waals surface area contributed by atoms with Crippen LogP contribution in [-0.4, -0.2) is 17.7 Å². The number of Topliss-reactive ketones (excluding diaryl/α,β-unsaturated/α-hetero) is 1. The zero-order chi connectivity index (χ0) is 12.3. The third kappa shape index (κ3) is 3.08. The molecule has 1 aromatic carbocycles. The molecule has 16 heavy (non-hydrogen) atoms. The van der Waals surface area contributed by atoms with Crippen molar-refractivity contribution in [3.8, 4) is 5.75 Å². The Hall–Kier alpha value is -0.350. The van der Waals surface area contributed by atoms with Crippen molar-refractivity contribution in [3.05, 3.63) is 28.2 Å². The lowest BCUT2D eigenvalue weighted by Crippen LogP contribution is -2.17. The van der Waals surface area contributed by atoms with Gasteiger partial charge >= 0.3 is 0 Å². The molecule has 0 heterocycles. The molecular weight excluding hydrogens is 336 g/mol. The molecule has 0 saturated heterocycles. The first-order valence-electron chi connectivity index (χ1n) is 4.95. The molecule has 2 nitrogen and oxygen atoms in total. The standard InChI is InChI=1S/C12H14Br2O2/c1-7(12(14)8(2)15)10-6-9(16-3)4-5-11(10)13/h4-7,12H,1-3H3. The lowest BCUT2D eigenvalue weighted by molar-refractivity contribution is -0.116. The Kier molecular flexibility index (Phi) is 4.99. The second kappa shape index (κ2) is 5.82. The predicted molar refractivity (Wildman–Crippen MR) is 72.5 cm³/mol. The Balaban J connectivity index is 3.06. The summed E-state index contributed by atoms with van der Waals surface area (Å²) in [5, 5.41) is 0. The van der Waals surface area contributed by atoms with Crippen molar-refractivity contribution in [2.45, 2.75) is 24.6 Å². The Morgan fingerprint density at radius 1 is 1.44 bits per heavy atom. The minimum atomic E-state index is -0.170. The van der Waals surface area contributed by atoms with Crippen molar-refractivity contribution in [2.75, 3.05) is 7.11 Å². The van der Waals surface area contributed by atoms with Gasteiger partial charge in [0, 0.05) is 10.4 Å². The van der Waals surface area contributed by atoms with Gasteiger partial charge in [-0.2, -0.15) is 0 Å². The molecule has 88 valence electrons. The van der Waals surface area contributed by atoms with Crippen LogP contribution in [0.5, 0.6) is 5.75 Å². The molecule has 0 amide bonds. The lowest BCUT2D eigenvalue weighted by Gasteiger charge is -2.18. The predicted octanol–water partition coefficient (Wildman–Crippen LogP) is 3.91. The van der Waals surface area contributed by atoms with Gasteiger partial charge in [-0.3, -0.25) is 4.79 Å². The Bertz CT molecular complexity index is 391. The number of ether oxygens (including phenoxy) is 1. The van der Waals surface area contributed by atoms with Gasteiger partial charge in [-0.25, -0.2) is 0 Å². The maximum Gasteiger partial charge on any atom is 0.144 e. The summed E-state index contributed by atoms with van der Waals surface area (Å²) in [6.45, 7) is 3.60. The SMILES string of the molecule is COc1ccc(Br)c(C(C)C(Br)C(C)=O)c1. The van der Waals surface area contributed by atoms with E-state index in [1.807, 2.05) is 25.1 Å². The first-order chi connectivity index (χ1) is 7.47. The molecule has 1 aromatic rings. The average molecular weight is 350 g/mol. The summed E-state index contributed by atoms with van der Waals surface area (Å²) in [4.78, 5) is 11.2. The van der Waals surface area contributed by atoms with Crippen LogP contribution in [0.25, 0.3) is 0 Å². The van der Waals surface area contributed by atoms with Gasteiger partial charge < -0.3 is 4.74 Å². The fourth-order valence-corrected chi connectivity index (χ4v) is 2.40. The number of rotatable bonds is 4. The molecule has 1 rings (SSSR count). The van der Waals surface area contributed by atoms with Crippen LogP contribution >= 0.6 is 31.9 Å². The van der Waals surface area contributed by atoms with Crippen molar-refractivity contribution in [2.24, 2.45) is 0 Å². The van der Waals surface area contributed by atoms with E-state index in [2.05, 4.69) is 31.9 Å². The van der Waals surface area contributed by atoms with Gasteiger partial charge in [-0.1, -0.05) is 38.8 Å². The molecule has 0 fully saturated rings. The number of alkyl halides is 1. The summed E-state index contributed by atoms with van der Waals surface area (Å²) in [5.74, 6) is 1.03. The minimum Gasteiger partial charge on any atom is -0.497 e. The molecule has 0 N–H and O–H groups in total. The first kappa shape index (κ1) is 13.7. The molecule has 2 atom stereocenters. The second-order valence-corrected chi connectivity index (χ2v) is 5.53. The van der Waals surface area contributed by atoms with Gasteiger partial charge in [-0.15, -0.1) is 0 Å². The molecule has 0 radical (unpaired) electrons. The van der Waals surface area contributed by atoms with Gasteiger partial charge in [0.25, 0.3) is 0 Å². The van der Waals surface area contributed by atoms with Gasteiger partial charge in [-0.05, 0) is 30.7 Å². The molecule has 0 spiro atoms. The summed E-state index contributed by atoms with van der Waals surface area (Å²) >= 11 is 6.90. The van der Waals surface area contributed by atoms with Crippen molar-refractivity contribution >= 4 is 37.6 Å². The highest BCUT2D eigenvalue weighted by molar-refractivity contribution is 9.10. The molecule has 0 aromatic heterocycles. The number of methoxy groups -OCH3 is 1. The van der Waals surface area contributed by atoms with E-state index in [0.29, 0.717) is 0 Å². The van der Waals surface area contributed by atoms with E-state index in [-0.39, 0.29) is 16.5 Å². The number of hydrogen-bond acceptors (Lipinski definition) is 2. The molecule has 0 aliphatic heterocycles. The van der Waals surface area contributed by atoms with Crippen molar-refractivity contribution in [3.63, 3.8) is 0 Å². The van der Waals surface area contributed by atoms with Gasteiger partial charge in [0.05, 0.1) is 11.9 Å². The molecule has 0 bridgehead atoms. The zero-order valence-corrected chi connectivity index (χ0v) is 12.6. The van der Waals surface area contributed by atoms with Crippen LogP contribution in [0.3, 0.4) is 0 Å². The quantitative estimate of drug-likeness (QED) is 0.770. The van der Waals surface area contributed by atoms with Gasteiger partial charge in [0.2, 0.25) is 0 Å². The monoisotopic (exact) mass is 348 g/mol. The average Bonchev–Trinajstić information content (AvgIpc) is 2.27. The van der Waals surface area contributed by atoms with E-state index < -0.39 is 0 Å². The van der Waals surface area contributed by atoms with Crippen LogP contribution in [0.1, 0.15) is 25.3 Å². The van der Waals surface area contributed by atoms with Crippen molar-refractivity contribution < 1.29 is 9.53 Å². The third-order valence-electron chi connectivity index (χ3n) is 2.52. The lowest BCUT2D eigenvalue weighted by atomic mass is 9.96. The summed E-state index contributed by atoms with van der Waals surface area (Å²) in [6, 6.07) is 5.77. The van der Waals surface area contributed by atoms with E-state index in [1.54, 1.807) is 14.0 Å². The highest BCUT2D eigenvalue weighted by atomic mass is 79.9. The number of ketones is 1. The highest BCUT2D eigenvalue weighted by Crippen LogP contribution is 2.33. The molecule has 0 aliphatic rings. The van der Waals surface area contributed by atoms with E-state index in [4.69, 9.17) is 4.74 Å². The maximum atomic E-state index is 11.3.